The lowest BCUT2D eigenvalue weighted by molar-refractivity contribution is 0.172. The number of benzene rings is 1. The summed E-state index contributed by atoms with van der Waals surface area (Å²) in [5, 5.41) is 12.2. The fraction of sp³-hybridized carbons (Fsp3) is 0.550. The SMILES string of the molecule is CN=C(NCc1nnc2n1CCCC2)N1CCN(Cc2ccccc2)CC1. The molecule has 1 fully saturated rings. The summed E-state index contributed by atoms with van der Waals surface area (Å²) in [6, 6.07) is 10.7. The minimum absolute atomic E-state index is 0.684. The van der Waals surface area contributed by atoms with Crippen LogP contribution in [0, 0.1) is 0 Å². The van der Waals surface area contributed by atoms with Gasteiger partial charge in [0, 0.05) is 52.7 Å². The van der Waals surface area contributed by atoms with E-state index in [1.165, 1.54) is 18.4 Å². The standard InChI is InChI=1S/C20H29N7/c1-21-20(22-15-19-24-23-18-9-5-6-10-27(18)19)26-13-11-25(12-14-26)16-17-7-3-2-4-8-17/h2-4,7-8H,5-6,9-16H2,1H3,(H,21,22). The van der Waals surface area contributed by atoms with Gasteiger partial charge in [-0.1, -0.05) is 30.3 Å². The molecular formula is C20H29N7. The molecule has 3 heterocycles. The molecular weight excluding hydrogens is 338 g/mol. The lowest BCUT2D eigenvalue weighted by Gasteiger charge is -2.36. The molecule has 0 spiro atoms. The highest BCUT2D eigenvalue weighted by molar-refractivity contribution is 5.79. The summed E-state index contributed by atoms with van der Waals surface area (Å²) in [6.07, 6.45) is 3.49. The average molecular weight is 368 g/mol. The topological polar surface area (TPSA) is 61.6 Å². The summed E-state index contributed by atoms with van der Waals surface area (Å²) in [4.78, 5) is 9.34. The molecule has 1 saturated heterocycles. The Balaban J connectivity index is 1.29. The molecule has 0 amide bonds. The molecule has 4 rings (SSSR count). The van der Waals surface area contributed by atoms with Crippen molar-refractivity contribution in [2.45, 2.75) is 38.9 Å². The molecule has 7 nitrogen and oxygen atoms in total. The Kier molecular flexibility index (Phi) is 5.67. The summed E-state index contributed by atoms with van der Waals surface area (Å²) in [6.45, 7) is 6.83. The van der Waals surface area contributed by atoms with E-state index in [1.807, 2.05) is 7.05 Å². The molecule has 0 saturated carbocycles. The van der Waals surface area contributed by atoms with Gasteiger partial charge in [0.15, 0.2) is 11.8 Å². The van der Waals surface area contributed by atoms with Gasteiger partial charge in [-0.2, -0.15) is 0 Å². The van der Waals surface area contributed by atoms with Crippen molar-refractivity contribution in [2.24, 2.45) is 4.99 Å². The zero-order valence-electron chi connectivity index (χ0n) is 16.1. The average Bonchev–Trinajstić information content (AvgIpc) is 3.14. The number of rotatable bonds is 4. The van der Waals surface area contributed by atoms with Gasteiger partial charge >= 0.3 is 0 Å². The van der Waals surface area contributed by atoms with Gasteiger partial charge in [-0.3, -0.25) is 9.89 Å². The monoisotopic (exact) mass is 367 g/mol. The van der Waals surface area contributed by atoms with E-state index in [2.05, 4.69) is 65.2 Å². The van der Waals surface area contributed by atoms with Crippen LogP contribution in [-0.4, -0.2) is 63.8 Å². The van der Waals surface area contributed by atoms with E-state index in [4.69, 9.17) is 0 Å². The quantitative estimate of drug-likeness (QED) is 0.656. The molecule has 27 heavy (non-hydrogen) atoms. The van der Waals surface area contributed by atoms with Gasteiger partial charge in [0.05, 0.1) is 6.54 Å². The Morgan fingerprint density at radius 2 is 1.85 bits per heavy atom. The minimum Gasteiger partial charge on any atom is -0.349 e. The molecule has 2 aromatic rings. The van der Waals surface area contributed by atoms with E-state index in [9.17, 15) is 0 Å². The highest BCUT2D eigenvalue weighted by Gasteiger charge is 2.21. The third-order valence-electron chi connectivity index (χ3n) is 5.47. The van der Waals surface area contributed by atoms with Crippen LogP contribution in [-0.2, 0) is 26.1 Å². The van der Waals surface area contributed by atoms with E-state index in [0.29, 0.717) is 6.54 Å². The van der Waals surface area contributed by atoms with Crippen molar-refractivity contribution in [3.63, 3.8) is 0 Å². The molecule has 2 aliphatic rings. The van der Waals surface area contributed by atoms with E-state index in [1.54, 1.807) is 0 Å². The van der Waals surface area contributed by atoms with Crippen LogP contribution >= 0.6 is 0 Å². The molecule has 0 atom stereocenters. The van der Waals surface area contributed by atoms with Crippen molar-refractivity contribution in [1.29, 1.82) is 0 Å². The van der Waals surface area contributed by atoms with Gasteiger partial charge in [-0.05, 0) is 18.4 Å². The number of hydrogen-bond donors (Lipinski definition) is 1. The van der Waals surface area contributed by atoms with Gasteiger partial charge < -0.3 is 14.8 Å². The number of hydrogen-bond acceptors (Lipinski definition) is 4. The van der Waals surface area contributed by atoms with Crippen LogP contribution in [0.1, 0.15) is 30.1 Å². The summed E-state index contributed by atoms with van der Waals surface area (Å²) in [5.74, 6) is 3.11. The number of nitrogens with zero attached hydrogens (tertiary/aromatic N) is 6. The first-order chi connectivity index (χ1) is 13.3. The fourth-order valence-electron chi connectivity index (χ4n) is 3.95. The van der Waals surface area contributed by atoms with E-state index >= 15 is 0 Å². The molecule has 144 valence electrons. The number of piperazine rings is 1. The third-order valence-corrected chi connectivity index (χ3v) is 5.47. The lowest BCUT2D eigenvalue weighted by atomic mass is 10.2. The van der Waals surface area contributed by atoms with Gasteiger partial charge in [-0.15, -0.1) is 10.2 Å². The largest absolute Gasteiger partial charge is 0.349 e. The molecule has 7 heteroatoms. The van der Waals surface area contributed by atoms with Crippen LogP contribution in [0.15, 0.2) is 35.3 Å². The Hall–Kier alpha value is -2.41. The van der Waals surface area contributed by atoms with E-state index < -0.39 is 0 Å². The van der Waals surface area contributed by atoms with E-state index in [0.717, 1.165) is 63.3 Å². The van der Waals surface area contributed by atoms with E-state index in [-0.39, 0.29) is 0 Å². The summed E-state index contributed by atoms with van der Waals surface area (Å²) in [5.41, 5.74) is 1.38. The number of fused-ring (bicyclic) bond motifs is 1. The third kappa shape index (κ3) is 4.30. The number of nitrogens with one attached hydrogen (secondary N) is 1. The maximum Gasteiger partial charge on any atom is 0.194 e. The van der Waals surface area contributed by atoms with Crippen LogP contribution in [0.2, 0.25) is 0 Å². The summed E-state index contributed by atoms with van der Waals surface area (Å²) < 4.78 is 2.27. The second kappa shape index (κ2) is 8.52. The summed E-state index contributed by atoms with van der Waals surface area (Å²) in [7, 11) is 1.86. The first-order valence-electron chi connectivity index (χ1n) is 9.96. The van der Waals surface area contributed by atoms with Crippen LogP contribution < -0.4 is 5.32 Å². The van der Waals surface area contributed by atoms with Gasteiger partial charge in [0.25, 0.3) is 0 Å². The predicted octanol–water partition coefficient (Wildman–Crippen LogP) is 1.51. The number of aromatic nitrogens is 3. The molecule has 0 aliphatic carbocycles. The second-order valence-electron chi connectivity index (χ2n) is 7.29. The molecule has 1 aromatic heterocycles. The van der Waals surface area contributed by atoms with Crippen LogP contribution in [0.4, 0.5) is 0 Å². The van der Waals surface area contributed by atoms with Gasteiger partial charge in [-0.25, -0.2) is 0 Å². The maximum absolute atomic E-state index is 4.49. The minimum atomic E-state index is 0.684. The van der Waals surface area contributed by atoms with Crippen molar-refractivity contribution < 1.29 is 0 Å². The van der Waals surface area contributed by atoms with Crippen molar-refractivity contribution in [3.05, 3.63) is 47.5 Å². The van der Waals surface area contributed by atoms with Crippen molar-refractivity contribution >= 4 is 5.96 Å². The zero-order chi connectivity index (χ0) is 18.5. The highest BCUT2D eigenvalue weighted by Crippen LogP contribution is 2.14. The second-order valence-corrected chi connectivity index (χ2v) is 7.29. The van der Waals surface area contributed by atoms with Gasteiger partial charge in [0.2, 0.25) is 0 Å². The van der Waals surface area contributed by atoms with Crippen molar-refractivity contribution in [2.75, 3.05) is 33.2 Å². The van der Waals surface area contributed by atoms with Crippen LogP contribution in [0.3, 0.4) is 0 Å². The molecule has 1 N–H and O–H groups in total. The first-order valence-corrected chi connectivity index (χ1v) is 9.96. The smallest absolute Gasteiger partial charge is 0.194 e. The molecule has 0 unspecified atom stereocenters. The van der Waals surface area contributed by atoms with Crippen LogP contribution in [0.25, 0.3) is 0 Å². The number of aryl methyl sites for hydroxylation is 1. The Labute approximate surface area is 161 Å². The molecule has 1 aromatic carbocycles. The highest BCUT2D eigenvalue weighted by atomic mass is 15.4. The zero-order valence-corrected chi connectivity index (χ0v) is 16.1. The fourth-order valence-corrected chi connectivity index (χ4v) is 3.95. The molecule has 0 radical (unpaired) electrons. The Bertz CT molecular complexity index is 760. The molecule has 0 bridgehead atoms. The van der Waals surface area contributed by atoms with Crippen LogP contribution in [0.5, 0.6) is 0 Å². The maximum atomic E-state index is 4.49. The first kappa shape index (κ1) is 18.0. The van der Waals surface area contributed by atoms with Crippen molar-refractivity contribution in [3.8, 4) is 0 Å². The number of guanidine groups is 1. The van der Waals surface area contributed by atoms with Gasteiger partial charge in [0.1, 0.15) is 5.82 Å². The predicted molar refractivity (Wildman–Crippen MR) is 106 cm³/mol. The Morgan fingerprint density at radius 3 is 2.63 bits per heavy atom. The Morgan fingerprint density at radius 1 is 1.04 bits per heavy atom. The lowest BCUT2D eigenvalue weighted by Crippen LogP contribution is -2.52. The number of aliphatic imine (C=N–C) groups is 1. The normalized spacial score (nSPS) is 18.4. The molecule has 2 aliphatic heterocycles. The van der Waals surface area contributed by atoms with Crippen molar-refractivity contribution in [1.82, 2.24) is 29.9 Å². The summed E-state index contributed by atoms with van der Waals surface area (Å²) >= 11 is 0.